The number of aromatic nitrogens is 3. The van der Waals surface area contributed by atoms with Crippen LogP contribution in [-0.4, -0.2) is 14.4 Å². The van der Waals surface area contributed by atoms with E-state index >= 15 is 0 Å². The van der Waals surface area contributed by atoms with Gasteiger partial charge in [-0.1, -0.05) is 0 Å². The molecule has 0 N–H and O–H groups in total. The molecule has 2 aromatic rings. The molecule has 0 atom stereocenters. The monoisotopic (exact) mass is 313 g/mol. The van der Waals surface area contributed by atoms with Gasteiger partial charge in [0.2, 0.25) is 5.82 Å². The molecule has 7 heteroatoms. The maximum atomic E-state index is 12.4. The third kappa shape index (κ3) is 1.45. The molecule has 3 nitrogen and oxygen atoms in total. The summed E-state index contributed by atoms with van der Waals surface area (Å²) in [5, 5.41) is 0. The van der Waals surface area contributed by atoms with Gasteiger partial charge in [-0.3, -0.25) is 4.40 Å². The summed E-state index contributed by atoms with van der Waals surface area (Å²) in [4.78, 5) is 7.23. The van der Waals surface area contributed by atoms with Gasteiger partial charge >= 0.3 is 6.18 Å². The topological polar surface area (TPSA) is 30.2 Å². The maximum Gasteiger partial charge on any atom is 0.450 e. The lowest BCUT2D eigenvalue weighted by atomic mass is 10.5. The lowest BCUT2D eigenvalue weighted by Gasteiger charge is -2.03. The molecular weight excluding hydrogens is 310 g/mol. The van der Waals surface area contributed by atoms with Crippen LogP contribution in [0.1, 0.15) is 5.82 Å². The van der Waals surface area contributed by atoms with Crippen LogP contribution >= 0.6 is 22.6 Å². The van der Waals surface area contributed by atoms with Gasteiger partial charge in [0.15, 0.2) is 5.65 Å². The van der Waals surface area contributed by atoms with E-state index in [0.29, 0.717) is 0 Å². The van der Waals surface area contributed by atoms with Gasteiger partial charge in [0, 0.05) is 12.4 Å². The summed E-state index contributed by atoms with van der Waals surface area (Å²) in [5.74, 6) is -0.940. The number of rotatable bonds is 0. The van der Waals surface area contributed by atoms with Gasteiger partial charge in [-0.2, -0.15) is 13.2 Å². The standard InChI is InChI=1S/C7H3F3IN3/c8-7(9,10)6-13-4(11)5-12-2-1-3-14(5)6/h1-3H. The average molecular weight is 313 g/mol. The molecule has 0 aliphatic heterocycles. The van der Waals surface area contributed by atoms with Crippen molar-refractivity contribution >= 4 is 28.2 Å². The van der Waals surface area contributed by atoms with Crippen molar-refractivity contribution in [3.05, 3.63) is 28.0 Å². The van der Waals surface area contributed by atoms with E-state index < -0.39 is 12.0 Å². The fourth-order valence-corrected chi connectivity index (χ4v) is 1.72. The highest BCUT2D eigenvalue weighted by Crippen LogP contribution is 2.29. The molecule has 0 saturated carbocycles. The maximum absolute atomic E-state index is 12.4. The van der Waals surface area contributed by atoms with Crippen molar-refractivity contribution in [1.82, 2.24) is 14.4 Å². The molecular formula is C7H3F3IN3. The number of imidazole rings is 1. The number of halogens is 4. The van der Waals surface area contributed by atoms with E-state index in [1.54, 1.807) is 22.6 Å². The van der Waals surface area contributed by atoms with Crippen LogP contribution in [-0.2, 0) is 6.18 Å². The normalized spacial score (nSPS) is 12.3. The Labute approximate surface area is 90.1 Å². The Bertz CT molecular complexity index is 476. The fraction of sp³-hybridized carbons (Fsp3) is 0.143. The van der Waals surface area contributed by atoms with Crippen molar-refractivity contribution in [2.24, 2.45) is 0 Å². The largest absolute Gasteiger partial charge is 0.450 e. The third-order valence-corrected chi connectivity index (χ3v) is 2.34. The Morgan fingerprint density at radius 1 is 1.36 bits per heavy atom. The van der Waals surface area contributed by atoms with Gasteiger partial charge < -0.3 is 0 Å². The molecule has 0 unspecified atom stereocenters. The number of alkyl halides is 3. The lowest BCUT2D eigenvalue weighted by molar-refractivity contribution is -0.145. The first kappa shape index (κ1) is 9.69. The van der Waals surface area contributed by atoms with E-state index in [0.717, 1.165) is 4.40 Å². The summed E-state index contributed by atoms with van der Waals surface area (Å²) in [6, 6.07) is 1.43. The van der Waals surface area contributed by atoms with Crippen LogP contribution in [0.5, 0.6) is 0 Å². The number of fused-ring (bicyclic) bond motifs is 1. The van der Waals surface area contributed by atoms with Crippen molar-refractivity contribution in [1.29, 1.82) is 0 Å². The average Bonchev–Trinajstić information content (AvgIpc) is 2.44. The van der Waals surface area contributed by atoms with Crippen LogP contribution in [0, 0.1) is 3.70 Å². The summed E-state index contributed by atoms with van der Waals surface area (Å²) in [6.45, 7) is 0. The Balaban J connectivity index is 2.80. The first-order chi connectivity index (χ1) is 6.50. The SMILES string of the molecule is FC(F)(F)c1nc(I)c2ncccn12. The van der Waals surface area contributed by atoms with E-state index in [1.807, 2.05) is 0 Å². The van der Waals surface area contributed by atoms with Crippen LogP contribution in [0.25, 0.3) is 5.65 Å². The first-order valence-corrected chi connectivity index (χ1v) is 4.64. The molecule has 2 heterocycles. The Hall–Kier alpha value is -0.860. The molecule has 14 heavy (non-hydrogen) atoms. The molecule has 0 spiro atoms. The van der Waals surface area contributed by atoms with Gasteiger partial charge in [-0.05, 0) is 28.7 Å². The Morgan fingerprint density at radius 2 is 2.07 bits per heavy atom. The Morgan fingerprint density at radius 3 is 2.71 bits per heavy atom. The number of nitrogens with zero attached hydrogens (tertiary/aromatic N) is 3. The van der Waals surface area contributed by atoms with Gasteiger partial charge in [0.1, 0.15) is 3.70 Å². The molecule has 0 aliphatic rings. The van der Waals surface area contributed by atoms with Crippen molar-refractivity contribution in [3.8, 4) is 0 Å². The quantitative estimate of drug-likeness (QED) is 0.699. The van der Waals surface area contributed by atoms with Crippen LogP contribution < -0.4 is 0 Å². The zero-order valence-corrected chi connectivity index (χ0v) is 8.74. The molecule has 0 amide bonds. The molecule has 0 bridgehead atoms. The second kappa shape index (κ2) is 3.07. The molecule has 0 radical (unpaired) electrons. The minimum Gasteiger partial charge on any atom is -0.280 e. The summed E-state index contributed by atoms with van der Waals surface area (Å²) in [6.07, 6.45) is -1.73. The summed E-state index contributed by atoms with van der Waals surface area (Å²) in [7, 11) is 0. The Kier molecular flexibility index (Phi) is 2.13. The molecule has 74 valence electrons. The minimum atomic E-state index is -4.45. The van der Waals surface area contributed by atoms with E-state index in [9.17, 15) is 13.2 Å². The molecule has 0 saturated heterocycles. The predicted octanol–water partition coefficient (Wildman–Crippen LogP) is 2.35. The zero-order chi connectivity index (χ0) is 10.3. The number of hydrogen-bond donors (Lipinski definition) is 0. The zero-order valence-electron chi connectivity index (χ0n) is 6.59. The highest BCUT2D eigenvalue weighted by Gasteiger charge is 2.37. The van der Waals surface area contributed by atoms with E-state index in [-0.39, 0.29) is 9.35 Å². The molecule has 2 aromatic heterocycles. The van der Waals surface area contributed by atoms with E-state index in [4.69, 9.17) is 0 Å². The molecule has 0 aromatic carbocycles. The van der Waals surface area contributed by atoms with E-state index in [1.165, 1.54) is 18.5 Å². The van der Waals surface area contributed by atoms with Crippen LogP contribution in [0.2, 0.25) is 0 Å². The second-order valence-corrected chi connectivity index (χ2v) is 3.56. The van der Waals surface area contributed by atoms with Crippen molar-refractivity contribution < 1.29 is 13.2 Å². The highest BCUT2D eigenvalue weighted by atomic mass is 127. The smallest absolute Gasteiger partial charge is 0.280 e. The van der Waals surface area contributed by atoms with Gasteiger partial charge in [0.25, 0.3) is 0 Å². The fourth-order valence-electron chi connectivity index (χ4n) is 1.09. The lowest BCUT2D eigenvalue weighted by Crippen LogP contribution is -2.10. The van der Waals surface area contributed by atoms with Crippen molar-refractivity contribution in [2.45, 2.75) is 6.18 Å². The molecule has 0 aliphatic carbocycles. The van der Waals surface area contributed by atoms with Gasteiger partial charge in [0.05, 0.1) is 0 Å². The van der Waals surface area contributed by atoms with Crippen LogP contribution in [0.4, 0.5) is 13.2 Å². The molecule has 2 rings (SSSR count). The predicted molar refractivity (Wildman–Crippen MR) is 50.7 cm³/mol. The van der Waals surface area contributed by atoms with Crippen LogP contribution in [0.3, 0.4) is 0 Å². The molecule has 0 fully saturated rings. The van der Waals surface area contributed by atoms with Gasteiger partial charge in [-0.25, -0.2) is 9.97 Å². The minimum absolute atomic E-state index is 0.223. The summed E-state index contributed by atoms with van der Waals surface area (Å²) < 4.78 is 38.4. The van der Waals surface area contributed by atoms with E-state index in [2.05, 4.69) is 9.97 Å². The summed E-state index contributed by atoms with van der Waals surface area (Å²) in [5.41, 5.74) is 0.223. The second-order valence-electron chi connectivity index (χ2n) is 2.54. The third-order valence-electron chi connectivity index (χ3n) is 1.62. The van der Waals surface area contributed by atoms with Crippen molar-refractivity contribution in [2.75, 3.05) is 0 Å². The highest BCUT2D eigenvalue weighted by molar-refractivity contribution is 14.1. The first-order valence-electron chi connectivity index (χ1n) is 3.56. The van der Waals surface area contributed by atoms with Crippen LogP contribution in [0.15, 0.2) is 18.5 Å². The number of hydrogen-bond acceptors (Lipinski definition) is 2. The van der Waals surface area contributed by atoms with Crippen molar-refractivity contribution in [3.63, 3.8) is 0 Å². The van der Waals surface area contributed by atoms with Gasteiger partial charge in [-0.15, -0.1) is 0 Å². The summed E-state index contributed by atoms with van der Waals surface area (Å²) >= 11 is 1.72.